The number of hydrogen-bond donors (Lipinski definition) is 0. The first-order valence-electron chi connectivity index (χ1n) is 5.92. The van der Waals surface area contributed by atoms with E-state index >= 15 is 0 Å². The lowest BCUT2D eigenvalue weighted by molar-refractivity contribution is 1.38. The summed E-state index contributed by atoms with van der Waals surface area (Å²) >= 11 is 2.02. The van der Waals surface area contributed by atoms with Gasteiger partial charge in [0.25, 0.3) is 0 Å². The van der Waals surface area contributed by atoms with Crippen LogP contribution in [-0.2, 0) is 11.5 Å². The average Bonchev–Trinajstić information content (AvgIpc) is 2.80. The van der Waals surface area contributed by atoms with E-state index in [0.717, 1.165) is 0 Å². The van der Waals surface area contributed by atoms with E-state index in [-0.39, 0.29) is 0 Å². The zero-order valence-electron chi connectivity index (χ0n) is 9.44. The second-order valence-electron chi connectivity index (χ2n) is 4.66. The third-order valence-electron chi connectivity index (χ3n) is 3.54. The standard InChI is InChI=1S/C16H12S/c1-2-4-12-6-14-8-16-10-17-9-15(16)7-13(14)5-11(12)3-1/h1-8H,9-10H2. The first kappa shape index (κ1) is 9.55. The van der Waals surface area contributed by atoms with Gasteiger partial charge in [-0.2, -0.15) is 11.8 Å². The van der Waals surface area contributed by atoms with Gasteiger partial charge in [-0.05, 0) is 56.9 Å². The highest BCUT2D eigenvalue weighted by Crippen LogP contribution is 2.34. The van der Waals surface area contributed by atoms with Crippen LogP contribution in [0, 0.1) is 0 Å². The van der Waals surface area contributed by atoms with Gasteiger partial charge in [0.2, 0.25) is 0 Å². The summed E-state index contributed by atoms with van der Waals surface area (Å²) in [6, 6.07) is 18.0. The molecule has 1 aliphatic heterocycles. The Morgan fingerprint density at radius 1 is 0.647 bits per heavy atom. The lowest BCUT2D eigenvalue weighted by atomic mass is 9.99. The van der Waals surface area contributed by atoms with Crippen LogP contribution in [0.1, 0.15) is 11.1 Å². The van der Waals surface area contributed by atoms with Crippen LogP contribution in [0.3, 0.4) is 0 Å². The van der Waals surface area contributed by atoms with Crippen molar-refractivity contribution in [2.45, 2.75) is 11.5 Å². The van der Waals surface area contributed by atoms with Crippen LogP contribution in [0.25, 0.3) is 21.5 Å². The van der Waals surface area contributed by atoms with Crippen molar-refractivity contribution in [3.05, 3.63) is 59.7 Å². The molecule has 0 radical (unpaired) electrons. The van der Waals surface area contributed by atoms with Gasteiger partial charge in [0, 0.05) is 11.5 Å². The SMILES string of the molecule is c1ccc2cc3cc4c(cc3cc2c1)CSC4. The molecule has 0 saturated carbocycles. The highest BCUT2D eigenvalue weighted by atomic mass is 32.2. The third kappa shape index (κ3) is 1.46. The van der Waals surface area contributed by atoms with Crippen LogP contribution in [0.2, 0.25) is 0 Å². The molecule has 3 aromatic carbocycles. The fourth-order valence-corrected chi connectivity index (χ4v) is 3.71. The summed E-state index contributed by atoms with van der Waals surface area (Å²) in [5.41, 5.74) is 3.05. The molecule has 0 aromatic heterocycles. The fourth-order valence-electron chi connectivity index (χ4n) is 2.63. The van der Waals surface area contributed by atoms with Crippen LogP contribution in [0.15, 0.2) is 48.5 Å². The molecular formula is C16H12S. The maximum atomic E-state index is 2.37. The van der Waals surface area contributed by atoms with E-state index in [2.05, 4.69) is 48.5 Å². The summed E-state index contributed by atoms with van der Waals surface area (Å²) in [6.45, 7) is 0. The predicted octanol–water partition coefficient (Wildman–Crippen LogP) is 4.74. The quantitative estimate of drug-likeness (QED) is 0.508. The Kier molecular flexibility index (Phi) is 1.97. The molecule has 1 heterocycles. The normalized spacial score (nSPS) is 14.4. The summed E-state index contributed by atoms with van der Waals surface area (Å²) in [5, 5.41) is 5.44. The van der Waals surface area contributed by atoms with Gasteiger partial charge in [-0.15, -0.1) is 0 Å². The van der Waals surface area contributed by atoms with Gasteiger partial charge >= 0.3 is 0 Å². The molecule has 0 spiro atoms. The van der Waals surface area contributed by atoms with Gasteiger partial charge in [-0.1, -0.05) is 24.3 Å². The Labute approximate surface area is 105 Å². The number of rotatable bonds is 0. The van der Waals surface area contributed by atoms with Crippen LogP contribution in [0.4, 0.5) is 0 Å². The minimum atomic E-state index is 1.18. The molecule has 17 heavy (non-hydrogen) atoms. The third-order valence-corrected chi connectivity index (χ3v) is 4.57. The maximum Gasteiger partial charge on any atom is 0.0191 e. The summed E-state index contributed by atoms with van der Waals surface area (Å²) < 4.78 is 0. The second kappa shape index (κ2) is 3.51. The van der Waals surface area contributed by atoms with Crippen LogP contribution >= 0.6 is 11.8 Å². The fraction of sp³-hybridized carbons (Fsp3) is 0.125. The van der Waals surface area contributed by atoms with Crippen LogP contribution in [0.5, 0.6) is 0 Å². The average molecular weight is 236 g/mol. The highest BCUT2D eigenvalue weighted by Gasteiger charge is 2.12. The molecule has 3 aromatic rings. The number of benzene rings is 3. The van der Waals surface area contributed by atoms with E-state index in [1.807, 2.05) is 11.8 Å². The van der Waals surface area contributed by atoms with Crippen molar-refractivity contribution in [3.63, 3.8) is 0 Å². The zero-order chi connectivity index (χ0) is 11.2. The Bertz CT molecular complexity index is 666. The van der Waals surface area contributed by atoms with Crippen molar-refractivity contribution in [1.82, 2.24) is 0 Å². The van der Waals surface area contributed by atoms with Crippen molar-refractivity contribution >= 4 is 33.3 Å². The zero-order valence-corrected chi connectivity index (χ0v) is 10.3. The topological polar surface area (TPSA) is 0 Å². The van der Waals surface area contributed by atoms with E-state index < -0.39 is 0 Å². The van der Waals surface area contributed by atoms with Gasteiger partial charge in [0.15, 0.2) is 0 Å². The predicted molar refractivity (Wildman–Crippen MR) is 76.5 cm³/mol. The molecule has 0 fully saturated rings. The summed E-state index contributed by atoms with van der Waals surface area (Å²) in [6.07, 6.45) is 0. The summed E-state index contributed by atoms with van der Waals surface area (Å²) in [7, 11) is 0. The summed E-state index contributed by atoms with van der Waals surface area (Å²) in [4.78, 5) is 0. The molecule has 0 N–H and O–H groups in total. The Morgan fingerprint density at radius 2 is 1.18 bits per heavy atom. The minimum absolute atomic E-state index is 1.18. The van der Waals surface area contributed by atoms with Crippen LogP contribution < -0.4 is 0 Å². The van der Waals surface area contributed by atoms with E-state index in [1.165, 1.54) is 44.2 Å². The smallest absolute Gasteiger partial charge is 0.0191 e. The minimum Gasteiger partial charge on any atom is -0.152 e. The van der Waals surface area contributed by atoms with Crippen LogP contribution in [-0.4, -0.2) is 0 Å². The Balaban J connectivity index is 2.12. The van der Waals surface area contributed by atoms with Gasteiger partial charge < -0.3 is 0 Å². The van der Waals surface area contributed by atoms with Gasteiger partial charge in [0.1, 0.15) is 0 Å². The molecule has 0 aliphatic carbocycles. The molecule has 0 bridgehead atoms. The lowest BCUT2D eigenvalue weighted by Gasteiger charge is -2.05. The molecule has 0 saturated heterocycles. The number of thioether (sulfide) groups is 1. The van der Waals surface area contributed by atoms with Gasteiger partial charge in [-0.3, -0.25) is 0 Å². The number of fused-ring (bicyclic) bond motifs is 3. The molecule has 1 heteroatoms. The van der Waals surface area contributed by atoms with Crippen molar-refractivity contribution in [2.24, 2.45) is 0 Å². The molecular weight excluding hydrogens is 224 g/mol. The molecule has 82 valence electrons. The molecule has 0 amide bonds. The van der Waals surface area contributed by atoms with E-state index in [1.54, 1.807) is 0 Å². The first-order chi connectivity index (χ1) is 8.40. The first-order valence-corrected chi connectivity index (χ1v) is 7.08. The van der Waals surface area contributed by atoms with Gasteiger partial charge in [0.05, 0.1) is 0 Å². The Morgan fingerprint density at radius 3 is 1.71 bits per heavy atom. The van der Waals surface area contributed by atoms with Crippen molar-refractivity contribution < 1.29 is 0 Å². The molecule has 0 nitrogen and oxygen atoms in total. The Hall–Kier alpha value is -1.47. The second-order valence-corrected chi connectivity index (χ2v) is 5.65. The van der Waals surface area contributed by atoms with E-state index in [9.17, 15) is 0 Å². The summed E-state index contributed by atoms with van der Waals surface area (Å²) in [5.74, 6) is 2.36. The van der Waals surface area contributed by atoms with Crippen molar-refractivity contribution in [1.29, 1.82) is 0 Å². The van der Waals surface area contributed by atoms with Crippen molar-refractivity contribution in [3.8, 4) is 0 Å². The van der Waals surface area contributed by atoms with Crippen molar-refractivity contribution in [2.75, 3.05) is 0 Å². The lowest BCUT2D eigenvalue weighted by Crippen LogP contribution is -1.83. The molecule has 4 rings (SSSR count). The molecule has 0 atom stereocenters. The molecule has 0 unspecified atom stereocenters. The van der Waals surface area contributed by atoms with E-state index in [4.69, 9.17) is 0 Å². The maximum absolute atomic E-state index is 2.37. The number of hydrogen-bond acceptors (Lipinski definition) is 1. The molecule has 1 aliphatic rings. The van der Waals surface area contributed by atoms with Gasteiger partial charge in [-0.25, -0.2) is 0 Å². The monoisotopic (exact) mass is 236 g/mol. The largest absolute Gasteiger partial charge is 0.152 e. The highest BCUT2D eigenvalue weighted by molar-refractivity contribution is 7.98. The van der Waals surface area contributed by atoms with E-state index in [0.29, 0.717) is 0 Å².